The summed E-state index contributed by atoms with van der Waals surface area (Å²) in [5, 5.41) is 0. The molecular formula is C8H12O3. The third-order valence-electron chi connectivity index (χ3n) is 1.94. The highest BCUT2D eigenvalue weighted by molar-refractivity contribution is 5.77. The Balaban J connectivity index is 2.30. The molecule has 3 nitrogen and oxygen atoms in total. The van der Waals surface area contributed by atoms with Gasteiger partial charge in [-0.25, -0.2) is 0 Å². The molecule has 1 saturated carbocycles. The Morgan fingerprint density at radius 1 is 1.64 bits per heavy atom. The predicted octanol–water partition coefficient (Wildman–Crippen LogP) is 0.919. The molecule has 1 aliphatic rings. The maximum absolute atomic E-state index is 10.9. The first kappa shape index (κ1) is 8.24. The molecule has 0 heterocycles. The van der Waals surface area contributed by atoms with Crippen LogP contribution in [0.5, 0.6) is 0 Å². The number of ether oxygens (including phenoxy) is 1. The van der Waals surface area contributed by atoms with Gasteiger partial charge >= 0.3 is 5.97 Å². The van der Waals surface area contributed by atoms with Gasteiger partial charge in [-0.15, -0.1) is 0 Å². The molecule has 62 valence electrons. The quantitative estimate of drug-likeness (QED) is 0.449. The second-order valence-electron chi connectivity index (χ2n) is 2.96. The molecule has 0 saturated heterocycles. The van der Waals surface area contributed by atoms with Gasteiger partial charge < -0.3 is 9.53 Å². The topological polar surface area (TPSA) is 43.4 Å². The van der Waals surface area contributed by atoms with Crippen molar-refractivity contribution in [3.63, 3.8) is 0 Å². The molecule has 1 fully saturated rings. The highest BCUT2D eigenvalue weighted by Crippen LogP contribution is 2.46. The Morgan fingerprint density at radius 2 is 2.27 bits per heavy atom. The molecule has 1 rings (SSSR count). The van der Waals surface area contributed by atoms with Crippen LogP contribution in [0.1, 0.15) is 26.2 Å². The number of hydrogen-bond donors (Lipinski definition) is 0. The zero-order chi connectivity index (χ0) is 8.32. The van der Waals surface area contributed by atoms with Crippen LogP contribution in [0, 0.1) is 5.41 Å². The van der Waals surface area contributed by atoms with Gasteiger partial charge in [-0.2, -0.15) is 0 Å². The van der Waals surface area contributed by atoms with Gasteiger partial charge in [0.1, 0.15) is 6.29 Å². The van der Waals surface area contributed by atoms with Crippen molar-refractivity contribution in [1.29, 1.82) is 0 Å². The van der Waals surface area contributed by atoms with E-state index in [2.05, 4.69) is 0 Å². The third-order valence-corrected chi connectivity index (χ3v) is 1.94. The first-order valence-corrected chi connectivity index (χ1v) is 3.84. The molecule has 0 unspecified atom stereocenters. The van der Waals surface area contributed by atoms with Crippen LogP contribution in [0.15, 0.2) is 0 Å². The normalized spacial score (nSPS) is 19.0. The molecule has 0 aromatic heterocycles. The monoisotopic (exact) mass is 156 g/mol. The lowest BCUT2D eigenvalue weighted by Gasteiger charge is -2.04. The van der Waals surface area contributed by atoms with E-state index < -0.39 is 0 Å². The fourth-order valence-electron chi connectivity index (χ4n) is 0.996. The van der Waals surface area contributed by atoms with Gasteiger partial charge in [0.15, 0.2) is 0 Å². The summed E-state index contributed by atoms with van der Waals surface area (Å²) in [7, 11) is 0. The van der Waals surface area contributed by atoms with Crippen LogP contribution in [-0.2, 0) is 14.3 Å². The average molecular weight is 156 g/mol. The number of carbonyl (C=O) groups is 2. The molecule has 0 bridgehead atoms. The lowest BCUT2D eigenvalue weighted by molar-refractivity contribution is -0.145. The average Bonchev–Trinajstić information content (AvgIpc) is 2.70. The number of hydrogen-bond acceptors (Lipinski definition) is 3. The van der Waals surface area contributed by atoms with E-state index >= 15 is 0 Å². The van der Waals surface area contributed by atoms with Crippen molar-refractivity contribution in [3.8, 4) is 0 Å². The van der Waals surface area contributed by atoms with Crippen LogP contribution in [0.3, 0.4) is 0 Å². The number of carbonyl (C=O) groups excluding carboxylic acids is 2. The first-order valence-electron chi connectivity index (χ1n) is 3.84. The van der Waals surface area contributed by atoms with Crippen molar-refractivity contribution < 1.29 is 14.3 Å². The molecule has 0 spiro atoms. The molecule has 0 aromatic rings. The van der Waals surface area contributed by atoms with Crippen LogP contribution in [0.25, 0.3) is 0 Å². The van der Waals surface area contributed by atoms with E-state index in [1.165, 1.54) is 0 Å². The van der Waals surface area contributed by atoms with Crippen molar-refractivity contribution >= 4 is 12.3 Å². The van der Waals surface area contributed by atoms with Gasteiger partial charge in [-0.05, 0) is 19.8 Å². The Hall–Kier alpha value is -0.860. The van der Waals surface area contributed by atoms with E-state index in [9.17, 15) is 9.59 Å². The summed E-state index contributed by atoms with van der Waals surface area (Å²) in [5.41, 5.74) is -0.341. The lowest BCUT2D eigenvalue weighted by Crippen LogP contribution is -2.13. The van der Waals surface area contributed by atoms with E-state index in [0.717, 1.165) is 19.1 Å². The zero-order valence-electron chi connectivity index (χ0n) is 6.63. The third kappa shape index (κ3) is 2.03. The molecule has 0 N–H and O–H groups in total. The number of aldehydes is 1. The van der Waals surface area contributed by atoms with Gasteiger partial charge in [0, 0.05) is 5.41 Å². The Labute approximate surface area is 65.7 Å². The van der Waals surface area contributed by atoms with Crippen molar-refractivity contribution in [3.05, 3.63) is 0 Å². The van der Waals surface area contributed by atoms with Crippen molar-refractivity contribution in [1.82, 2.24) is 0 Å². The summed E-state index contributed by atoms with van der Waals surface area (Å²) in [4.78, 5) is 21.3. The first-order chi connectivity index (χ1) is 5.22. The second kappa shape index (κ2) is 3.03. The Bertz CT molecular complexity index is 170. The molecule has 0 aromatic carbocycles. The predicted molar refractivity (Wildman–Crippen MR) is 39.0 cm³/mol. The van der Waals surface area contributed by atoms with Crippen LogP contribution in [-0.4, -0.2) is 18.9 Å². The van der Waals surface area contributed by atoms with Gasteiger partial charge in [0.05, 0.1) is 13.0 Å². The summed E-state index contributed by atoms with van der Waals surface area (Å²) in [5.74, 6) is -0.253. The van der Waals surface area contributed by atoms with Crippen molar-refractivity contribution in [2.24, 2.45) is 5.41 Å². The second-order valence-corrected chi connectivity index (χ2v) is 2.96. The molecule has 0 atom stereocenters. The van der Waals surface area contributed by atoms with E-state index in [-0.39, 0.29) is 17.8 Å². The summed E-state index contributed by atoms with van der Waals surface area (Å²) in [6, 6.07) is 0. The highest BCUT2D eigenvalue weighted by Gasteiger charge is 2.44. The molecule has 3 heteroatoms. The molecular weight excluding hydrogens is 144 g/mol. The van der Waals surface area contributed by atoms with E-state index in [1.54, 1.807) is 6.92 Å². The summed E-state index contributed by atoms with van der Waals surface area (Å²) in [6.45, 7) is 2.16. The number of rotatable bonds is 4. The molecule has 0 aliphatic heterocycles. The van der Waals surface area contributed by atoms with Crippen LogP contribution < -0.4 is 0 Å². The van der Waals surface area contributed by atoms with Crippen molar-refractivity contribution in [2.75, 3.05) is 6.61 Å². The maximum Gasteiger partial charge on any atom is 0.306 e. The molecule has 1 aliphatic carbocycles. The Morgan fingerprint density at radius 3 is 2.64 bits per heavy atom. The van der Waals surface area contributed by atoms with Gasteiger partial charge in [0.2, 0.25) is 0 Å². The fraction of sp³-hybridized carbons (Fsp3) is 0.750. The van der Waals surface area contributed by atoms with Gasteiger partial charge in [-0.1, -0.05) is 0 Å². The van der Waals surface area contributed by atoms with Gasteiger partial charge in [0.25, 0.3) is 0 Å². The smallest absolute Gasteiger partial charge is 0.306 e. The summed E-state index contributed by atoms with van der Waals surface area (Å²) < 4.78 is 4.72. The van der Waals surface area contributed by atoms with E-state index in [0.29, 0.717) is 6.61 Å². The van der Waals surface area contributed by atoms with E-state index in [4.69, 9.17) is 4.74 Å². The van der Waals surface area contributed by atoms with E-state index in [1.807, 2.05) is 0 Å². The SMILES string of the molecule is CCOC(=O)CC1(C=O)CC1. The standard InChI is InChI=1S/C8H12O3/c1-2-11-7(10)5-8(6-9)3-4-8/h6H,2-5H2,1H3. The fourth-order valence-corrected chi connectivity index (χ4v) is 0.996. The lowest BCUT2D eigenvalue weighted by atomic mass is 10.1. The van der Waals surface area contributed by atoms with Crippen LogP contribution >= 0.6 is 0 Å². The Kier molecular flexibility index (Phi) is 2.27. The summed E-state index contributed by atoms with van der Waals surface area (Å²) in [6.07, 6.45) is 2.83. The largest absolute Gasteiger partial charge is 0.466 e. The minimum Gasteiger partial charge on any atom is -0.466 e. The zero-order valence-corrected chi connectivity index (χ0v) is 6.63. The maximum atomic E-state index is 10.9. The molecule has 0 radical (unpaired) electrons. The molecule has 11 heavy (non-hydrogen) atoms. The van der Waals surface area contributed by atoms with Crippen LogP contribution in [0.4, 0.5) is 0 Å². The van der Waals surface area contributed by atoms with Gasteiger partial charge in [-0.3, -0.25) is 4.79 Å². The minimum atomic E-state index is -0.341. The van der Waals surface area contributed by atoms with Crippen molar-refractivity contribution in [2.45, 2.75) is 26.2 Å². The molecule has 0 amide bonds. The highest BCUT2D eigenvalue weighted by atomic mass is 16.5. The minimum absolute atomic E-state index is 0.253. The number of esters is 1. The van der Waals surface area contributed by atoms with Crippen LogP contribution in [0.2, 0.25) is 0 Å². The summed E-state index contributed by atoms with van der Waals surface area (Å²) >= 11 is 0.